The number of carbonyl (C=O) groups excluding carboxylic acids is 1. The molecule has 0 amide bonds. The van der Waals surface area contributed by atoms with E-state index >= 15 is 0 Å². The topological polar surface area (TPSA) is 26.3 Å². The number of esters is 1. The van der Waals surface area contributed by atoms with Crippen molar-refractivity contribution in [3.63, 3.8) is 0 Å². The predicted octanol–water partition coefficient (Wildman–Crippen LogP) is 4.18. The highest BCUT2D eigenvalue weighted by Gasteiger charge is 2.12. The van der Waals surface area contributed by atoms with Crippen molar-refractivity contribution in [3.05, 3.63) is 66.7 Å². The van der Waals surface area contributed by atoms with Crippen LogP contribution in [0.15, 0.2) is 61.2 Å². The van der Waals surface area contributed by atoms with E-state index < -0.39 is 5.97 Å². The average Bonchev–Trinajstić information content (AvgIpc) is 2.50. The number of fused-ring (bicyclic) bond motifs is 2. The molecule has 0 aromatic heterocycles. The number of carbonyl (C=O) groups is 1. The van der Waals surface area contributed by atoms with Gasteiger partial charge in [-0.25, -0.2) is 4.79 Å². The van der Waals surface area contributed by atoms with Crippen molar-refractivity contribution in [2.75, 3.05) is 7.11 Å². The van der Waals surface area contributed by atoms with Crippen LogP contribution in [0.3, 0.4) is 0 Å². The SMILES string of the molecule is C=C(C(=O)OC)c1cccc2cc3ccccc3cc12. The minimum atomic E-state index is -0.398. The van der Waals surface area contributed by atoms with Crippen LogP contribution < -0.4 is 0 Å². The molecule has 0 N–H and O–H groups in total. The van der Waals surface area contributed by atoms with Crippen molar-refractivity contribution < 1.29 is 9.53 Å². The van der Waals surface area contributed by atoms with Gasteiger partial charge in [-0.05, 0) is 39.2 Å². The van der Waals surface area contributed by atoms with Gasteiger partial charge in [0.2, 0.25) is 0 Å². The number of ether oxygens (including phenoxy) is 1. The summed E-state index contributed by atoms with van der Waals surface area (Å²) in [5, 5.41) is 4.43. The Morgan fingerprint density at radius 2 is 1.60 bits per heavy atom. The van der Waals surface area contributed by atoms with Crippen molar-refractivity contribution >= 4 is 33.1 Å². The first kappa shape index (κ1) is 12.4. The first-order chi connectivity index (χ1) is 9.70. The third-order valence-corrected chi connectivity index (χ3v) is 3.50. The second kappa shape index (κ2) is 4.82. The Morgan fingerprint density at radius 3 is 2.30 bits per heavy atom. The van der Waals surface area contributed by atoms with Gasteiger partial charge in [-0.15, -0.1) is 0 Å². The third-order valence-electron chi connectivity index (χ3n) is 3.50. The molecule has 0 bridgehead atoms. The number of benzene rings is 3. The summed E-state index contributed by atoms with van der Waals surface area (Å²) in [7, 11) is 1.37. The summed E-state index contributed by atoms with van der Waals surface area (Å²) >= 11 is 0. The second-order valence-electron chi connectivity index (χ2n) is 4.70. The number of hydrogen-bond donors (Lipinski definition) is 0. The summed E-state index contributed by atoms with van der Waals surface area (Å²) < 4.78 is 4.76. The first-order valence-corrected chi connectivity index (χ1v) is 6.40. The minimum absolute atomic E-state index is 0.383. The maximum Gasteiger partial charge on any atom is 0.337 e. The van der Waals surface area contributed by atoms with E-state index in [1.54, 1.807) is 0 Å². The Labute approximate surface area is 117 Å². The van der Waals surface area contributed by atoms with Crippen LogP contribution in [0.2, 0.25) is 0 Å². The van der Waals surface area contributed by atoms with Crippen LogP contribution in [0.4, 0.5) is 0 Å². The summed E-state index contributed by atoms with van der Waals surface area (Å²) in [6.07, 6.45) is 0. The van der Waals surface area contributed by atoms with E-state index in [1.807, 2.05) is 30.3 Å². The Hall–Kier alpha value is -2.61. The lowest BCUT2D eigenvalue weighted by Crippen LogP contribution is -2.03. The highest BCUT2D eigenvalue weighted by atomic mass is 16.5. The zero-order valence-corrected chi connectivity index (χ0v) is 11.2. The molecule has 20 heavy (non-hydrogen) atoms. The molecule has 3 aromatic carbocycles. The van der Waals surface area contributed by atoms with Crippen LogP contribution in [-0.2, 0) is 9.53 Å². The van der Waals surface area contributed by atoms with E-state index in [1.165, 1.54) is 12.5 Å². The molecule has 2 heteroatoms. The second-order valence-corrected chi connectivity index (χ2v) is 4.70. The lowest BCUT2D eigenvalue weighted by atomic mass is 9.96. The number of methoxy groups -OCH3 is 1. The monoisotopic (exact) mass is 262 g/mol. The Morgan fingerprint density at radius 1 is 0.950 bits per heavy atom. The zero-order valence-electron chi connectivity index (χ0n) is 11.2. The van der Waals surface area contributed by atoms with Crippen LogP contribution in [0.1, 0.15) is 5.56 Å². The molecule has 0 saturated heterocycles. The van der Waals surface area contributed by atoms with Crippen LogP contribution in [-0.4, -0.2) is 13.1 Å². The van der Waals surface area contributed by atoms with Gasteiger partial charge < -0.3 is 4.74 Å². The van der Waals surface area contributed by atoms with E-state index in [9.17, 15) is 4.79 Å². The fourth-order valence-electron chi connectivity index (χ4n) is 2.46. The highest BCUT2D eigenvalue weighted by Crippen LogP contribution is 2.29. The van der Waals surface area contributed by atoms with Gasteiger partial charge in [0.15, 0.2) is 0 Å². The smallest absolute Gasteiger partial charge is 0.337 e. The Balaban J connectivity index is 2.30. The quantitative estimate of drug-likeness (QED) is 0.393. The van der Waals surface area contributed by atoms with Crippen molar-refractivity contribution in [2.45, 2.75) is 0 Å². The lowest BCUT2D eigenvalue weighted by Gasteiger charge is -2.09. The summed E-state index contributed by atoms with van der Waals surface area (Å²) in [5.41, 5.74) is 1.20. The van der Waals surface area contributed by atoms with Gasteiger partial charge in [0.25, 0.3) is 0 Å². The van der Waals surface area contributed by atoms with E-state index in [4.69, 9.17) is 4.74 Å². The van der Waals surface area contributed by atoms with Crippen molar-refractivity contribution in [1.29, 1.82) is 0 Å². The standard InChI is InChI=1S/C18H14O2/c1-12(18(19)20-2)16-9-5-8-15-10-13-6-3-4-7-14(13)11-17(15)16/h3-11H,1H2,2H3. The van der Waals surface area contributed by atoms with Gasteiger partial charge in [0.05, 0.1) is 12.7 Å². The molecule has 0 aliphatic heterocycles. The molecule has 3 rings (SSSR count). The largest absolute Gasteiger partial charge is 0.465 e. The van der Waals surface area contributed by atoms with E-state index in [-0.39, 0.29) is 0 Å². The summed E-state index contributed by atoms with van der Waals surface area (Å²) in [6.45, 7) is 3.85. The molecule has 0 spiro atoms. The minimum Gasteiger partial charge on any atom is -0.465 e. The van der Waals surface area contributed by atoms with Crippen molar-refractivity contribution in [2.24, 2.45) is 0 Å². The number of rotatable bonds is 2. The van der Waals surface area contributed by atoms with Crippen molar-refractivity contribution in [3.8, 4) is 0 Å². The Kier molecular flexibility index (Phi) is 2.99. The molecule has 0 saturated carbocycles. The molecule has 0 aliphatic rings. The molecule has 3 aromatic rings. The van der Waals surface area contributed by atoms with E-state index in [0.717, 1.165) is 21.7 Å². The van der Waals surface area contributed by atoms with E-state index in [0.29, 0.717) is 5.57 Å². The molecule has 0 aliphatic carbocycles. The fraction of sp³-hybridized carbons (Fsp3) is 0.0556. The van der Waals surface area contributed by atoms with Crippen LogP contribution in [0.5, 0.6) is 0 Å². The predicted molar refractivity (Wildman–Crippen MR) is 82.5 cm³/mol. The summed E-state index contributed by atoms with van der Waals surface area (Å²) in [6, 6.07) is 18.2. The molecule has 98 valence electrons. The number of hydrogen-bond acceptors (Lipinski definition) is 2. The van der Waals surface area contributed by atoms with Crippen LogP contribution in [0, 0.1) is 0 Å². The third kappa shape index (κ3) is 1.95. The fourth-order valence-corrected chi connectivity index (χ4v) is 2.46. The zero-order chi connectivity index (χ0) is 14.1. The highest BCUT2D eigenvalue weighted by molar-refractivity contribution is 6.20. The first-order valence-electron chi connectivity index (χ1n) is 6.40. The molecular weight excluding hydrogens is 248 g/mol. The van der Waals surface area contributed by atoms with Gasteiger partial charge >= 0.3 is 5.97 Å². The van der Waals surface area contributed by atoms with Gasteiger partial charge in [0.1, 0.15) is 0 Å². The Bertz CT molecular complexity index is 831. The van der Waals surface area contributed by atoms with E-state index in [2.05, 4.69) is 30.8 Å². The summed E-state index contributed by atoms with van der Waals surface area (Å²) in [5.74, 6) is -0.398. The molecular formula is C18H14O2. The van der Waals surface area contributed by atoms with Gasteiger partial charge in [0, 0.05) is 0 Å². The van der Waals surface area contributed by atoms with Crippen molar-refractivity contribution in [1.82, 2.24) is 0 Å². The molecule has 2 nitrogen and oxygen atoms in total. The molecule has 0 fully saturated rings. The van der Waals surface area contributed by atoms with Crippen LogP contribution >= 0.6 is 0 Å². The van der Waals surface area contributed by atoms with Gasteiger partial charge in [-0.3, -0.25) is 0 Å². The molecule has 0 heterocycles. The maximum absolute atomic E-state index is 11.7. The normalized spacial score (nSPS) is 10.7. The molecule has 0 unspecified atom stereocenters. The van der Waals surface area contributed by atoms with Crippen LogP contribution in [0.25, 0.3) is 27.1 Å². The maximum atomic E-state index is 11.7. The average molecular weight is 262 g/mol. The molecule has 0 radical (unpaired) electrons. The van der Waals surface area contributed by atoms with Gasteiger partial charge in [-0.2, -0.15) is 0 Å². The lowest BCUT2D eigenvalue weighted by molar-refractivity contribution is -0.133. The van der Waals surface area contributed by atoms with Gasteiger partial charge in [-0.1, -0.05) is 49.0 Å². The summed E-state index contributed by atoms with van der Waals surface area (Å²) in [4.78, 5) is 11.7. The molecule has 0 atom stereocenters.